The fraction of sp³-hybridized carbons (Fsp3) is 0. The number of hydrogen-bond acceptors (Lipinski definition) is 2. The minimum absolute atomic E-state index is 0. The minimum Gasteiger partial charge on any atom is -0.478 e. The van der Waals surface area contributed by atoms with Gasteiger partial charge >= 0.3 is 11.9 Å². The van der Waals surface area contributed by atoms with Gasteiger partial charge in [-0.1, -0.05) is 12.1 Å². The third-order valence-corrected chi connectivity index (χ3v) is 2.14. The minimum atomic E-state index is -1.11. The van der Waals surface area contributed by atoms with E-state index in [1.807, 2.05) is 0 Å². The topological polar surface area (TPSA) is 74.6 Å². The second-order valence-electron chi connectivity index (χ2n) is 3.63. The molecule has 2 N–H and O–H groups in total. The first-order valence-electron chi connectivity index (χ1n) is 5.38. The zero-order valence-corrected chi connectivity index (χ0v) is 12.1. The second-order valence-corrected chi connectivity index (χ2v) is 3.63. The van der Waals surface area contributed by atoms with Gasteiger partial charge in [-0.15, -0.1) is 0 Å². The number of rotatable bonds is 2. The summed E-state index contributed by atoms with van der Waals surface area (Å²) in [5.41, 5.74) is -0.0556. The van der Waals surface area contributed by atoms with Gasteiger partial charge in [0.1, 0.15) is 11.6 Å². The first-order valence-corrected chi connectivity index (χ1v) is 5.38. The third-order valence-electron chi connectivity index (χ3n) is 2.14. The summed E-state index contributed by atoms with van der Waals surface area (Å²) in [5, 5.41) is 16.7. The third kappa shape index (κ3) is 6.72. The van der Waals surface area contributed by atoms with Crippen LogP contribution in [0.15, 0.2) is 48.5 Å². The normalized spacial score (nSPS) is 8.86. The molecule has 0 fully saturated rings. The quantitative estimate of drug-likeness (QED) is 0.782. The van der Waals surface area contributed by atoms with Crippen LogP contribution in [0.4, 0.5) is 8.78 Å². The molecule has 0 saturated heterocycles. The predicted molar refractivity (Wildman–Crippen MR) is 66.7 cm³/mol. The van der Waals surface area contributed by atoms with Gasteiger partial charge in [-0.2, -0.15) is 0 Å². The monoisotopic (exact) mass is 383 g/mol. The molecule has 2 aromatic rings. The van der Waals surface area contributed by atoms with Crippen molar-refractivity contribution in [2.75, 3.05) is 0 Å². The molecule has 7 heteroatoms. The fourth-order valence-corrected chi connectivity index (χ4v) is 1.24. The summed E-state index contributed by atoms with van der Waals surface area (Å²) in [4.78, 5) is 20.4. The van der Waals surface area contributed by atoms with Crippen LogP contribution in [-0.2, 0) is 19.5 Å². The van der Waals surface area contributed by atoms with Crippen molar-refractivity contribution in [3.05, 3.63) is 71.3 Å². The number of benzene rings is 2. The maximum atomic E-state index is 12.3. The van der Waals surface area contributed by atoms with Gasteiger partial charge in [0.25, 0.3) is 0 Å². The van der Waals surface area contributed by atoms with Crippen LogP contribution in [0.1, 0.15) is 20.7 Å². The van der Waals surface area contributed by atoms with Crippen LogP contribution in [0.3, 0.4) is 0 Å². The van der Waals surface area contributed by atoms with E-state index in [9.17, 15) is 18.4 Å². The van der Waals surface area contributed by atoms with E-state index >= 15 is 0 Å². The van der Waals surface area contributed by atoms with E-state index in [0.717, 1.165) is 12.1 Å². The molecule has 0 spiro atoms. The molecule has 1 radical (unpaired) electrons. The Bertz CT molecular complexity index is 576. The van der Waals surface area contributed by atoms with Gasteiger partial charge < -0.3 is 10.2 Å². The van der Waals surface area contributed by atoms with Gasteiger partial charge in [-0.3, -0.25) is 0 Å². The summed E-state index contributed by atoms with van der Waals surface area (Å²) >= 11 is 0. The number of hydrogen-bond donors (Lipinski definition) is 2. The van der Waals surface area contributed by atoms with Crippen LogP contribution in [0, 0.1) is 11.6 Å². The molecule has 0 heterocycles. The van der Waals surface area contributed by atoms with Gasteiger partial charge in [0.15, 0.2) is 0 Å². The molecular formula is C14H10F2O4Rh. The number of carbonyl (C=O) groups is 2. The Hall–Kier alpha value is -2.14. The summed E-state index contributed by atoms with van der Waals surface area (Å²) in [6.45, 7) is 0. The zero-order valence-electron chi connectivity index (χ0n) is 10.4. The smallest absolute Gasteiger partial charge is 0.335 e. The molecule has 2 aromatic carbocycles. The first kappa shape index (κ1) is 18.9. The molecule has 0 unspecified atom stereocenters. The molecule has 0 aliphatic heterocycles. The predicted octanol–water partition coefficient (Wildman–Crippen LogP) is 3.05. The summed E-state index contributed by atoms with van der Waals surface area (Å²) in [7, 11) is 0. The van der Waals surface area contributed by atoms with Crippen LogP contribution in [0.2, 0.25) is 0 Å². The molecule has 21 heavy (non-hydrogen) atoms. The van der Waals surface area contributed by atoms with Gasteiger partial charge in [-0.25, -0.2) is 18.4 Å². The zero-order chi connectivity index (χ0) is 15.1. The molecule has 0 bridgehead atoms. The Balaban J connectivity index is 0.000000364. The molecule has 2 rings (SSSR count). The van der Waals surface area contributed by atoms with E-state index in [-0.39, 0.29) is 30.6 Å². The van der Waals surface area contributed by atoms with Crippen molar-refractivity contribution in [3.63, 3.8) is 0 Å². The molecule has 0 aromatic heterocycles. The van der Waals surface area contributed by atoms with E-state index in [2.05, 4.69) is 0 Å². The van der Waals surface area contributed by atoms with E-state index in [4.69, 9.17) is 10.2 Å². The molecule has 0 aliphatic carbocycles. The van der Waals surface area contributed by atoms with Crippen molar-refractivity contribution in [1.82, 2.24) is 0 Å². The summed E-state index contributed by atoms with van der Waals surface area (Å²) in [6.07, 6.45) is 0. The molecule has 0 aliphatic rings. The Morgan fingerprint density at radius 2 is 1.10 bits per heavy atom. The van der Waals surface area contributed by atoms with Gasteiger partial charge in [0, 0.05) is 19.5 Å². The van der Waals surface area contributed by atoms with E-state index in [0.29, 0.717) is 0 Å². The van der Waals surface area contributed by atoms with E-state index < -0.39 is 23.6 Å². The number of carboxylic acid groups (broad SMARTS) is 2. The average Bonchev–Trinajstić information content (AvgIpc) is 2.39. The Kier molecular flexibility index (Phi) is 8.01. The Morgan fingerprint density at radius 3 is 1.29 bits per heavy atom. The standard InChI is InChI=1S/2C7H5FO2.Rh/c2*8-6-3-1-2-5(4-6)7(9)10;/h2*1-4H,(H,9,10);. The Morgan fingerprint density at radius 1 is 0.762 bits per heavy atom. The Labute approximate surface area is 131 Å². The molecule has 0 amide bonds. The molecule has 4 nitrogen and oxygen atoms in total. The van der Waals surface area contributed by atoms with E-state index in [1.54, 1.807) is 0 Å². The average molecular weight is 383 g/mol. The molecule has 113 valence electrons. The molecule has 0 atom stereocenters. The largest absolute Gasteiger partial charge is 0.478 e. The van der Waals surface area contributed by atoms with Crippen molar-refractivity contribution >= 4 is 11.9 Å². The van der Waals surface area contributed by atoms with Crippen molar-refractivity contribution in [3.8, 4) is 0 Å². The summed E-state index contributed by atoms with van der Waals surface area (Å²) in [5.74, 6) is -3.28. The van der Waals surface area contributed by atoms with Crippen LogP contribution in [0.5, 0.6) is 0 Å². The summed E-state index contributed by atoms with van der Waals surface area (Å²) < 4.78 is 24.5. The maximum absolute atomic E-state index is 12.3. The number of carboxylic acids is 2. The molecule has 0 saturated carbocycles. The van der Waals surface area contributed by atoms with Gasteiger partial charge in [-0.05, 0) is 36.4 Å². The van der Waals surface area contributed by atoms with Crippen LogP contribution in [-0.4, -0.2) is 22.2 Å². The van der Waals surface area contributed by atoms with Crippen molar-refractivity contribution < 1.29 is 48.1 Å². The van der Waals surface area contributed by atoms with Crippen molar-refractivity contribution in [1.29, 1.82) is 0 Å². The van der Waals surface area contributed by atoms with Crippen molar-refractivity contribution in [2.24, 2.45) is 0 Å². The SMILES string of the molecule is O=C(O)c1cccc(F)c1.O=C(O)c1cccc(F)c1.[Rh]. The van der Waals surface area contributed by atoms with Gasteiger partial charge in [0.2, 0.25) is 0 Å². The second kappa shape index (κ2) is 8.92. The first-order chi connectivity index (χ1) is 9.40. The number of aromatic carboxylic acids is 2. The molecular weight excluding hydrogens is 373 g/mol. The number of halogens is 2. The van der Waals surface area contributed by atoms with Crippen molar-refractivity contribution in [2.45, 2.75) is 0 Å². The maximum Gasteiger partial charge on any atom is 0.335 e. The fourth-order valence-electron chi connectivity index (χ4n) is 1.24. The van der Waals surface area contributed by atoms with Crippen LogP contribution in [0.25, 0.3) is 0 Å². The van der Waals surface area contributed by atoms with E-state index in [1.165, 1.54) is 36.4 Å². The van der Waals surface area contributed by atoms with Crippen LogP contribution < -0.4 is 0 Å². The van der Waals surface area contributed by atoms with Crippen LogP contribution >= 0.6 is 0 Å². The van der Waals surface area contributed by atoms with Gasteiger partial charge in [0.05, 0.1) is 11.1 Å². The summed E-state index contributed by atoms with van der Waals surface area (Å²) in [6, 6.07) is 9.75.